The van der Waals surface area contributed by atoms with E-state index in [0.717, 1.165) is 19.3 Å². The SMILES string of the molecule is COc1ccc(C(=O)NC(C(=O)NCC2CCCc3ccccc32)C(C)C)cc1. The topological polar surface area (TPSA) is 67.4 Å². The molecule has 0 saturated heterocycles. The Morgan fingerprint density at radius 3 is 2.52 bits per heavy atom. The van der Waals surface area contributed by atoms with Crippen LogP contribution in [-0.4, -0.2) is 31.5 Å². The quantitative estimate of drug-likeness (QED) is 0.753. The number of carbonyl (C=O) groups excluding carboxylic acids is 2. The number of benzene rings is 2. The van der Waals surface area contributed by atoms with E-state index in [1.54, 1.807) is 31.4 Å². The summed E-state index contributed by atoms with van der Waals surface area (Å²) in [5.41, 5.74) is 3.22. The number of ether oxygens (including phenoxy) is 1. The Morgan fingerprint density at radius 1 is 1.10 bits per heavy atom. The van der Waals surface area contributed by atoms with Gasteiger partial charge in [0.15, 0.2) is 0 Å². The molecule has 2 N–H and O–H groups in total. The van der Waals surface area contributed by atoms with Crippen LogP contribution in [0.15, 0.2) is 48.5 Å². The summed E-state index contributed by atoms with van der Waals surface area (Å²) in [5, 5.41) is 5.96. The lowest BCUT2D eigenvalue weighted by molar-refractivity contribution is -0.124. The first kappa shape index (κ1) is 20.9. The second-order valence-corrected chi connectivity index (χ2v) is 7.96. The molecule has 0 spiro atoms. The van der Waals surface area contributed by atoms with Crippen LogP contribution in [0.25, 0.3) is 0 Å². The molecule has 0 aromatic heterocycles. The highest BCUT2D eigenvalue weighted by Crippen LogP contribution is 2.30. The number of methoxy groups -OCH3 is 1. The van der Waals surface area contributed by atoms with Gasteiger partial charge in [-0.05, 0) is 60.6 Å². The molecule has 0 aliphatic heterocycles. The Labute approximate surface area is 172 Å². The summed E-state index contributed by atoms with van der Waals surface area (Å²) in [6.07, 6.45) is 3.31. The van der Waals surface area contributed by atoms with Crippen molar-refractivity contribution in [1.29, 1.82) is 0 Å². The summed E-state index contributed by atoms with van der Waals surface area (Å²) >= 11 is 0. The second kappa shape index (κ2) is 9.59. The van der Waals surface area contributed by atoms with Crippen LogP contribution in [0.1, 0.15) is 54.1 Å². The molecule has 29 heavy (non-hydrogen) atoms. The van der Waals surface area contributed by atoms with Gasteiger partial charge >= 0.3 is 0 Å². The average Bonchev–Trinajstić information content (AvgIpc) is 2.75. The van der Waals surface area contributed by atoms with Gasteiger partial charge in [-0.2, -0.15) is 0 Å². The summed E-state index contributed by atoms with van der Waals surface area (Å²) in [5.74, 6) is 0.603. The normalized spacial score (nSPS) is 16.6. The minimum absolute atomic E-state index is 0.0177. The number of rotatable bonds is 7. The van der Waals surface area contributed by atoms with Gasteiger partial charge in [0.2, 0.25) is 5.91 Å². The lowest BCUT2D eigenvalue weighted by Gasteiger charge is -2.27. The van der Waals surface area contributed by atoms with Crippen LogP contribution in [0, 0.1) is 5.92 Å². The Kier molecular flexibility index (Phi) is 6.91. The van der Waals surface area contributed by atoms with Gasteiger partial charge < -0.3 is 15.4 Å². The Bertz CT molecular complexity index is 845. The first-order chi connectivity index (χ1) is 14.0. The van der Waals surface area contributed by atoms with Gasteiger partial charge in [0.25, 0.3) is 5.91 Å². The van der Waals surface area contributed by atoms with Crippen molar-refractivity contribution in [3.05, 3.63) is 65.2 Å². The van der Waals surface area contributed by atoms with Crippen LogP contribution < -0.4 is 15.4 Å². The average molecular weight is 395 g/mol. The van der Waals surface area contributed by atoms with Gasteiger partial charge in [0.1, 0.15) is 11.8 Å². The Hall–Kier alpha value is -2.82. The zero-order valence-electron chi connectivity index (χ0n) is 17.4. The lowest BCUT2D eigenvalue weighted by atomic mass is 9.83. The zero-order valence-corrected chi connectivity index (χ0v) is 17.4. The molecule has 3 rings (SSSR count). The maximum Gasteiger partial charge on any atom is 0.251 e. The Balaban J connectivity index is 1.62. The van der Waals surface area contributed by atoms with Gasteiger partial charge in [-0.15, -0.1) is 0 Å². The molecule has 5 nitrogen and oxygen atoms in total. The van der Waals surface area contributed by atoms with Crippen molar-refractivity contribution in [2.24, 2.45) is 5.92 Å². The molecule has 2 amide bonds. The minimum atomic E-state index is -0.580. The number of hydrogen-bond donors (Lipinski definition) is 2. The van der Waals surface area contributed by atoms with Crippen molar-refractivity contribution in [2.75, 3.05) is 13.7 Å². The standard InChI is InChI=1S/C24H30N2O3/c1-16(2)22(26-23(27)18-11-13-20(29-3)14-12-18)24(28)25-15-19-9-6-8-17-7-4-5-10-21(17)19/h4-5,7,10-14,16,19,22H,6,8-9,15H2,1-3H3,(H,25,28)(H,26,27). The van der Waals surface area contributed by atoms with Crippen molar-refractivity contribution in [3.63, 3.8) is 0 Å². The van der Waals surface area contributed by atoms with Crippen molar-refractivity contribution in [1.82, 2.24) is 10.6 Å². The fourth-order valence-corrected chi connectivity index (χ4v) is 3.90. The third-order valence-corrected chi connectivity index (χ3v) is 5.60. The molecular weight excluding hydrogens is 364 g/mol. The number of amides is 2. The number of nitrogens with one attached hydrogen (secondary N) is 2. The van der Waals surface area contributed by atoms with Crippen molar-refractivity contribution < 1.29 is 14.3 Å². The third kappa shape index (κ3) is 5.17. The highest BCUT2D eigenvalue weighted by atomic mass is 16.5. The Morgan fingerprint density at radius 2 is 1.83 bits per heavy atom. The number of hydrogen-bond acceptors (Lipinski definition) is 3. The van der Waals surface area contributed by atoms with E-state index in [4.69, 9.17) is 4.74 Å². The fourth-order valence-electron chi connectivity index (χ4n) is 3.90. The van der Waals surface area contributed by atoms with Crippen molar-refractivity contribution in [3.8, 4) is 5.75 Å². The zero-order chi connectivity index (χ0) is 20.8. The first-order valence-corrected chi connectivity index (χ1v) is 10.3. The van der Waals surface area contributed by atoms with E-state index in [0.29, 0.717) is 23.8 Å². The van der Waals surface area contributed by atoms with Crippen LogP contribution >= 0.6 is 0 Å². The van der Waals surface area contributed by atoms with Crippen LogP contribution in [0.2, 0.25) is 0 Å². The molecule has 2 aromatic carbocycles. The number of fused-ring (bicyclic) bond motifs is 1. The molecule has 0 heterocycles. The highest BCUT2D eigenvalue weighted by Gasteiger charge is 2.26. The van der Waals surface area contributed by atoms with E-state index in [9.17, 15) is 9.59 Å². The molecule has 2 unspecified atom stereocenters. The van der Waals surface area contributed by atoms with E-state index < -0.39 is 6.04 Å². The molecule has 2 atom stereocenters. The number of carbonyl (C=O) groups is 2. The third-order valence-electron chi connectivity index (χ3n) is 5.60. The smallest absolute Gasteiger partial charge is 0.251 e. The molecule has 0 bridgehead atoms. The van der Waals surface area contributed by atoms with E-state index in [-0.39, 0.29) is 17.7 Å². The van der Waals surface area contributed by atoms with Crippen molar-refractivity contribution in [2.45, 2.75) is 45.1 Å². The predicted molar refractivity (Wildman–Crippen MR) is 114 cm³/mol. The second-order valence-electron chi connectivity index (χ2n) is 7.96. The van der Waals surface area contributed by atoms with Gasteiger partial charge in [0, 0.05) is 18.0 Å². The largest absolute Gasteiger partial charge is 0.497 e. The van der Waals surface area contributed by atoms with E-state index in [1.807, 2.05) is 13.8 Å². The monoisotopic (exact) mass is 394 g/mol. The molecule has 0 radical (unpaired) electrons. The predicted octanol–water partition coefficient (Wildman–Crippen LogP) is 3.69. The van der Waals surface area contributed by atoms with E-state index in [1.165, 1.54) is 11.1 Å². The van der Waals surface area contributed by atoms with Crippen LogP contribution in [0.3, 0.4) is 0 Å². The van der Waals surface area contributed by atoms with Crippen LogP contribution in [-0.2, 0) is 11.2 Å². The summed E-state index contributed by atoms with van der Waals surface area (Å²) in [4.78, 5) is 25.5. The summed E-state index contributed by atoms with van der Waals surface area (Å²) < 4.78 is 5.13. The molecule has 1 aliphatic rings. The molecular formula is C24H30N2O3. The molecule has 0 saturated carbocycles. The van der Waals surface area contributed by atoms with Crippen LogP contribution in [0.5, 0.6) is 5.75 Å². The van der Waals surface area contributed by atoms with Gasteiger partial charge in [-0.3, -0.25) is 9.59 Å². The minimum Gasteiger partial charge on any atom is -0.497 e. The molecule has 1 aliphatic carbocycles. The van der Waals surface area contributed by atoms with E-state index >= 15 is 0 Å². The van der Waals surface area contributed by atoms with Gasteiger partial charge in [-0.25, -0.2) is 0 Å². The highest BCUT2D eigenvalue weighted by molar-refractivity contribution is 5.97. The molecule has 154 valence electrons. The van der Waals surface area contributed by atoms with Gasteiger partial charge in [-0.1, -0.05) is 38.1 Å². The summed E-state index contributed by atoms with van der Waals surface area (Å²) in [6, 6.07) is 14.8. The molecule has 0 fully saturated rings. The van der Waals surface area contributed by atoms with Crippen LogP contribution in [0.4, 0.5) is 0 Å². The maximum atomic E-state index is 12.9. The maximum absolute atomic E-state index is 12.9. The van der Waals surface area contributed by atoms with Gasteiger partial charge in [0.05, 0.1) is 7.11 Å². The summed E-state index contributed by atoms with van der Waals surface area (Å²) in [7, 11) is 1.58. The summed E-state index contributed by atoms with van der Waals surface area (Å²) in [6.45, 7) is 4.47. The molecule has 5 heteroatoms. The lowest BCUT2D eigenvalue weighted by Crippen LogP contribution is -2.50. The first-order valence-electron chi connectivity index (χ1n) is 10.3. The number of aryl methyl sites for hydroxylation is 1. The van der Waals surface area contributed by atoms with E-state index in [2.05, 4.69) is 34.9 Å². The van der Waals surface area contributed by atoms with Crippen molar-refractivity contribution >= 4 is 11.8 Å². The fraction of sp³-hybridized carbons (Fsp3) is 0.417. The molecule has 2 aromatic rings.